The predicted molar refractivity (Wildman–Crippen MR) is 122 cm³/mol. The zero-order valence-corrected chi connectivity index (χ0v) is 20.2. The standard InChI is InChI=1S/C24H24ClF4N3O5/c25-15-5-4-14(10-16(15)26)36-12-20(35)32-23-8-6-22(7-9-23,11-18(23)33)31-19(34)13-37-21-3-1-2-17(30-21)24(27,28)29/h1-5,10,18,33H,6-9,11-13H2,(H,31,34)(H,32,35)/t18-,22?,23?/m0/s1. The van der Waals surface area contributed by atoms with Crippen LogP contribution in [0, 0.1) is 5.82 Å². The fourth-order valence-electron chi connectivity index (χ4n) is 4.82. The van der Waals surface area contributed by atoms with Crippen molar-refractivity contribution in [3.63, 3.8) is 0 Å². The van der Waals surface area contributed by atoms with E-state index in [1.165, 1.54) is 18.2 Å². The molecule has 1 aromatic heterocycles. The summed E-state index contributed by atoms with van der Waals surface area (Å²) < 4.78 is 62.4. The van der Waals surface area contributed by atoms with Crippen LogP contribution in [0.3, 0.4) is 0 Å². The van der Waals surface area contributed by atoms with Crippen LogP contribution in [0.2, 0.25) is 5.02 Å². The number of aliphatic hydroxyl groups is 1. The highest BCUT2D eigenvalue weighted by atomic mass is 35.5. The third-order valence-electron chi connectivity index (χ3n) is 6.74. The molecule has 0 saturated heterocycles. The maximum atomic E-state index is 13.5. The summed E-state index contributed by atoms with van der Waals surface area (Å²) in [6.07, 6.45) is -3.74. The largest absolute Gasteiger partial charge is 0.484 e. The number of ether oxygens (including phenoxy) is 2. The second-order valence-electron chi connectivity index (χ2n) is 9.26. The molecule has 5 rings (SSSR count). The van der Waals surface area contributed by atoms with Crippen LogP contribution < -0.4 is 20.1 Å². The Bertz CT molecular complexity index is 1170. The third kappa shape index (κ3) is 6.24. The van der Waals surface area contributed by atoms with E-state index in [0.29, 0.717) is 25.7 Å². The molecule has 0 radical (unpaired) electrons. The Kier molecular flexibility index (Phi) is 7.52. The van der Waals surface area contributed by atoms with Gasteiger partial charge in [0.2, 0.25) is 5.88 Å². The number of amides is 2. The number of carbonyl (C=O) groups excluding carboxylic acids is 2. The van der Waals surface area contributed by atoms with Gasteiger partial charge in [-0.25, -0.2) is 9.37 Å². The topological polar surface area (TPSA) is 110 Å². The smallest absolute Gasteiger partial charge is 0.433 e. The van der Waals surface area contributed by atoms with Crippen LogP contribution in [0.25, 0.3) is 0 Å². The number of carbonyl (C=O) groups is 2. The van der Waals surface area contributed by atoms with Gasteiger partial charge in [-0.1, -0.05) is 17.7 Å². The van der Waals surface area contributed by atoms with Gasteiger partial charge in [-0.05, 0) is 50.3 Å². The number of fused-ring (bicyclic) bond motifs is 3. The van der Waals surface area contributed by atoms with Crippen molar-refractivity contribution < 1.29 is 41.7 Å². The minimum atomic E-state index is -4.64. The second kappa shape index (κ2) is 10.3. The van der Waals surface area contributed by atoms with Crippen molar-refractivity contribution in [2.24, 2.45) is 0 Å². The van der Waals surface area contributed by atoms with Crippen molar-refractivity contribution in [1.82, 2.24) is 15.6 Å². The third-order valence-corrected chi connectivity index (χ3v) is 7.05. The lowest BCUT2D eigenvalue weighted by molar-refractivity contribution is -0.141. The Hall–Kier alpha value is -3.12. The molecule has 1 atom stereocenters. The van der Waals surface area contributed by atoms with Crippen molar-refractivity contribution in [3.8, 4) is 11.6 Å². The molecule has 2 aromatic rings. The zero-order chi connectivity index (χ0) is 26.8. The lowest BCUT2D eigenvalue weighted by atomic mass is 9.60. The molecule has 8 nitrogen and oxygen atoms in total. The van der Waals surface area contributed by atoms with E-state index in [4.69, 9.17) is 21.1 Å². The number of nitrogens with one attached hydrogen (secondary N) is 2. The molecule has 200 valence electrons. The van der Waals surface area contributed by atoms with Crippen LogP contribution in [-0.2, 0) is 15.8 Å². The molecular weight excluding hydrogens is 522 g/mol. The SMILES string of the molecule is O=C(COc1cccc(C(F)(F)F)n1)NC12CCC(NC(=O)COc3ccc(Cl)c(F)c3)(CC1)[C@@H](O)C2. The van der Waals surface area contributed by atoms with E-state index in [1.807, 2.05) is 0 Å². The number of aromatic nitrogens is 1. The van der Waals surface area contributed by atoms with Crippen molar-refractivity contribution in [3.05, 3.63) is 52.9 Å². The normalized spacial score (nSPS) is 24.9. The summed E-state index contributed by atoms with van der Waals surface area (Å²) in [5.41, 5.74) is -2.75. The maximum Gasteiger partial charge on any atom is 0.433 e. The highest BCUT2D eigenvalue weighted by molar-refractivity contribution is 6.30. The molecule has 1 aromatic carbocycles. The number of pyridine rings is 1. The minimum Gasteiger partial charge on any atom is -0.484 e. The summed E-state index contributed by atoms with van der Waals surface area (Å²) in [6.45, 7) is -0.936. The fraction of sp³-hybridized carbons (Fsp3) is 0.458. The molecule has 3 aliphatic rings. The van der Waals surface area contributed by atoms with Gasteiger partial charge in [-0.15, -0.1) is 0 Å². The van der Waals surface area contributed by atoms with Crippen LogP contribution >= 0.6 is 11.6 Å². The average Bonchev–Trinajstić information content (AvgIpc) is 2.84. The van der Waals surface area contributed by atoms with Gasteiger partial charge in [0.15, 0.2) is 13.2 Å². The van der Waals surface area contributed by atoms with Gasteiger partial charge in [0.1, 0.15) is 17.3 Å². The molecule has 0 aliphatic heterocycles. The molecule has 3 fully saturated rings. The van der Waals surface area contributed by atoms with Crippen molar-refractivity contribution in [1.29, 1.82) is 0 Å². The predicted octanol–water partition coefficient (Wildman–Crippen LogP) is 3.40. The van der Waals surface area contributed by atoms with Crippen LogP contribution in [0.15, 0.2) is 36.4 Å². The van der Waals surface area contributed by atoms with E-state index < -0.39 is 59.9 Å². The maximum absolute atomic E-state index is 13.5. The van der Waals surface area contributed by atoms with E-state index in [1.54, 1.807) is 0 Å². The van der Waals surface area contributed by atoms with E-state index in [0.717, 1.165) is 18.2 Å². The summed E-state index contributed by atoms with van der Waals surface area (Å²) in [5.74, 6) is -1.93. The Balaban J connectivity index is 1.28. The number of aliphatic hydroxyl groups excluding tert-OH is 1. The molecule has 1 heterocycles. The van der Waals surface area contributed by atoms with Gasteiger partial charge < -0.3 is 25.2 Å². The van der Waals surface area contributed by atoms with Gasteiger partial charge in [0.25, 0.3) is 11.8 Å². The van der Waals surface area contributed by atoms with Crippen LogP contribution in [0.1, 0.15) is 37.8 Å². The summed E-state index contributed by atoms with van der Waals surface area (Å²) >= 11 is 5.63. The van der Waals surface area contributed by atoms with Gasteiger partial charge in [-0.3, -0.25) is 9.59 Å². The Morgan fingerprint density at radius 2 is 1.73 bits per heavy atom. The number of rotatable bonds is 8. The highest BCUT2D eigenvalue weighted by Crippen LogP contribution is 2.47. The average molecular weight is 546 g/mol. The lowest BCUT2D eigenvalue weighted by Gasteiger charge is -2.56. The van der Waals surface area contributed by atoms with E-state index in [2.05, 4.69) is 15.6 Å². The highest BCUT2D eigenvalue weighted by Gasteiger charge is 2.55. The summed E-state index contributed by atoms with van der Waals surface area (Å²) in [6, 6.07) is 6.95. The first-order valence-corrected chi connectivity index (χ1v) is 11.8. The number of halogens is 5. The minimum absolute atomic E-state index is 0.0716. The summed E-state index contributed by atoms with van der Waals surface area (Å²) in [5, 5.41) is 16.4. The summed E-state index contributed by atoms with van der Waals surface area (Å²) in [4.78, 5) is 28.3. The molecule has 3 N–H and O–H groups in total. The number of nitrogens with zero attached hydrogens (tertiary/aromatic N) is 1. The molecule has 37 heavy (non-hydrogen) atoms. The number of benzene rings is 1. The van der Waals surface area contributed by atoms with Gasteiger partial charge >= 0.3 is 6.18 Å². The number of alkyl halides is 3. The molecule has 0 spiro atoms. The van der Waals surface area contributed by atoms with Gasteiger partial charge in [0, 0.05) is 17.7 Å². The van der Waals surface area contributed by atoms with Crippen LogP contribution in [0.4, 0.5) is 17.6 Å². The molecule has 0 unspecified atom stereocenters. The second-order valence-corrected chi connectivity index (χ2v) is 9.67. The molecule has 13 heteroatoms. The molecular formula is C24H24ClF4N3O5. The first-order chi connectivity index (χ1) is 17.4. The van der Waals surface area contributed by atoms with Crippen LogP contribution in [-0.4, -0.2) is 52.3 Å². The van der Waals surface area contributed by atoms with Gasteiger partial charge in [-0.2, -0.15) is 13.2 Å². The Morgan fingerprint density at radius 3 is 2.38 bits per heavy atom. The van der Waals surface area contributed by atoms with E-state index in [-0.39, 0.29) is 23.1 Å². The first-order valence-electron chi connectivity index (χ1n) is 11.4. The number of hydrogen-bond acceptors (Lipinski definition) is 6. The molecule has 2 bridgehead atoms. The van der Waals surface area contributed by atoms with Crippen LogP contribution in [0.5, 0.6) is 11.6 Å². The Labute approximate surface area is 214 Å². The van der Waals surface area contributed by atoms with Gasteiger partial charge in [0.05, 0.1) is 16.7 Å². The lowest BCUT2D eigenvalue weighted by Crippen LogP contribution is -2.70. The van der Waals surface area contributed by atoms with E-state index in [9.17, 15) is 32.3 Å². The molecule has 3 saturated carbocycles. The van der Waals surface area contributed by atoms with Crippen molar-refractivity contribution in [2.75, 3.05) is 13.2 Å². The molecule has 2 amide bonds. The van der Waals surface area contributed by atoms with Crippen molar-refractivity contribution in [2.45, 2.75) is 55.5 Å². The summed E-state index contributed by atoms with van der Waals surface area (Å²) in [7, 11) is 0. The van der Waals surface area contributed by atoms with Crippen molar-refractivity contribution >= 4 is 23.4 Å². The quantitative estimate of drug-likeness (QED) is 0.439. The zero-order valence-electron chi connectivity index (χ0n) is 19.4. The number of hydrogen-bond donors (Lipinski definition) is 3. The first kappa shape index (κ1) is 26.9. The monoisotopic (exact) mass is 545 g/mol. The Morgan fingerprint density at radius 1 is 1.05 bits per heavy atom. The fourth-order valence-corrected chi connectivity index (χ4v) is 4.93. The van der Waals surface area contributed by atoms with E-state index >= 15 is 0 Å². The molecule has 3 aliphatic carbocycles.